The van der Waals surface area contributed by atoms with Crippen molar-refractivity contribution in [2.24, 2.45) is 0 Å². The van der Waals surface area contributed by atoms with Crippen LogP contribution in [-0.4, -0.2) is 41.7 Å². The van der Waals surface area contributed by atoms with E-state index < -0.39 is 16.6 Å². The van der Waals surface area contributed by atoms with Crippen molar-refractivity contribution in [3.63, 3.8) is 0 Å². The van der Waals surface area contributed by atoms with Crippen LogP contribution in [0.5, 0.6) is 0 Å². The Morgan fingerprint density at radius 2 is 1.59 bits per heavy atom. The van der Waals surface area contributed by atoms with Gasteiger partial charge in [0.25, 0.3) is 0 Å². The fraction of sp³-hybridized carbons (Fsp3) is 0.696. The summed E-state index contributed by atoms with van der Waals surface area (Å²) in [4.78, 5) is 11.2. The van der Waals surface area contributed by atoms with Gasteiger partial charge < -0.3 is 18.4 Å². The molecule has 0 aliphatic carbocycles. The molecule has 2 atom stereocenters. The van der Waals surface area contributed by atoms with Gasteiger partial charge in [0.05, 0.1) is 12.7 Å². The summed E-state index contributed by atoms with van der Waals surface area (Å²) < 4.78 is 18.9. The number of aldehydes is 1. The van der Waals surface area contributed by atoms with Crippen LogP contribution in [-0.2, 0) is 25.0 Å². The summed E-state index contributed by atoms with van der Waals surface area (Å²) in [5.41, 5.74) is 1.18. The molecule has 0 radical (unpaired) electrons. The lowest BCUT2D eigenvalue weighted by atomic mass is 10.1. The second kappa shape index (κ2) is 11.6. The highest BCUT2D eigenvalue weighted by Crippen LogP contribution is 2.38. The molecule has 0 saturated carbocycles. The maximum absolute atomic E-state index is 11.2. The lowest BCUT2D eigenvalue weighted by molar-refractivity contribution is -0.109. The average molecular weight is 439 g/mol. The van der Waals surface area contributed by atoms with Crippen LogP contribution in [0.4, 0.5) is 0 Å². The zero-order valence-corrected chi connectivity index (χ0v) is 21.8. The Kier molecular flexibility index (Phi) is 10.5. The first-order valence-corrected chi connectivity index (χ1v) is 17.1. The van der Waals surface area contributed by atoms with Gasteiger partial charge in [-0.2, -0.15) is 0 Å². The third kappa shape index (κ3) is 10.7. The highest BCUT2D eigenvalue weighted by atomic mass is 28.4. The van der Waals surface area contributed by atoms with Crippen molar-refractivity contribution >= 4 is 22.9 Å². The van der Waals surface area contributed by atoms with Gasteiger partial charge in [0, 0.05) is 19.1 Å². The molecule has 0 aromatic heterocycles. The van der Waals surface area contributed by atoms with E-state index in [1.807, 2.05) is 18.2 Å². The van der Waals surface area contributed by atoms with E-state index in [0.717, 1.165) is 19.1 Å². The Hall–Kier alpha value is -0.796. The van der Waals surface area contributed by atoms with E-state index >= 15 is 0 Å². The summed E-state index contributed by atoms with van der Waals surface area (Å²) in [7, 11) is -3.66. The Bertz CT molecular complexity index is 591. The van der Waals surface area contributed by atoms with Gasteiger partial charge in [-0.15, -0.1) is 0 Å². The average Bonchev–Trinajstić information content (AvgIpc) is 2.57. The van der Waals surface area contributed by atoms with Crippen molar-refractivity contribution in [3.05, 3.63) is 35.9 Å². The van der Waals surface area contributed by atoms with Crippen molar-refractivity contribution < 1.29 is 18.4 Å². The second-order valence-corrected chi connectivity index (χ2v) is 19.5. The molecule has 0 amide bonds. The maximum Gasteiger partial charge on any atom is 0.192 e. The highest BCUT2D eigenvalue weighted by Gasteiger charge is 2.39. The summed E-state index contributed by atoms with van der Waals surface area (Å²) in [5.74, 6) is 0. The molecule has 6 heteroatoms. The molecule has 4 nitrogen and oxygen atoms in total. The molecule has 0 saturated heterocycles. The predicted octanol–water partition coefficient (Wildman–Crippen LogP) is 6.18. The predicted molar refractivity (Wildman–Crippen MR) is 126 cm³/mol. The molecule has 1 aromatic rings. The minimum absolute atomic E-state index is 0.0352. The van der Waals surface area contributed by atoms with Crippen LogP contribution in [0.15, 0.2) is 30.3 Å². The van der Waals surface area contributed by atoms with Crippen LogP contribution < -0.4 is 0 Å². The number of carbonyl (C=O) groups excluding carboxylic acids is 1. The van der Waals surface area contributed by atoms with Gasteiger partial charge in [-0.25, -0.2) is 0 Å². The third-order valence-corrected chi connectivity index (χ3v) is 10.9. The normalized spacial score (nSPS) is 15.2. The first-order chi connectivity index (χ1) is 13.3. The molecule has 166 valence electrons. The zero-order chi connectivity index (χ0) is 22.1. The van der Waals surface area contributed by atoms with E-state index in [0.29, 0.717) is 19.6 Å². The van der Waals surface area contributed by atoms with E-state index in [1.165, 1.54) is 5.56 Å². The number of rotatable bonds is 13. The second-order valence-electron chi connectivity index (χ2n) is 10.3. The van der Waals surface area contributed by atoms with E-state index in [2.05, 4.69) is 65.6 Å². The fourth-order valence-corrected chi connectivity index (χ4v) is 5.48. The standard InChI is InChI=1S/C23H42O4Si2/c1-23(2,3)29(7,8)27-22(18-21(14-16-24)26-28(4,5)6)15-17-25-19-20-12-10-9-11-13-20/h9-13,16,21-22H,14-15,17-19H2,1-8H3/t21-,22+/m1/s1. The quantitative estimate of drug-likeness (QED) is 0.209. The summed E-state index contributed by atoms with van der Waals surface area (Å²) in [5, 5.41) is 0.135. The van der Waals surface area contributed by atoms with E-state index in [1.54, 1.807) is 0 Å². The fourth-order valence-electron chi connectivity index (χ4n) is 2.89. The van der Waals surface area contributed by atoms with Crippen LogP contribution in [0.2, 0.25) is 37.8 Å². The number of benzene rings is 1. The first kappa shape index (κ1) is 26.2. The number of hydrogen-bond donors (Lipinski definition) is 0. The summed E-state index contributed by atoms with van der Waals surface area (Å²) in [6.45, 7) is 19.0. The van der Waals surface area contributed by atoms with Gasteiger partial charge in [-0.3, -0.25) is 0 Å². The Balaban J connectivity index is 2.76. The van der Waals surface area contributed by atoms with E-state index in [9.17, 15) is 4.79 Å². The van der Waals surface area contributed by atoms with Crippen LogP contribution in [0.1, 0.15) is 45.6 Å². The molecule has 1 aromatic carbocycles. The summed E-state index contributed by atoms with van der Waals surface area (Å²) >= 11 is 0. The van der Waals surface area contributed by atoms with Crippen molar-refractivity contribution in [1.29, 1.82) is 0 Å². The minimum Gasteiger partial charge on any atom is -0.414 e. The van der Waals surface area contributed by atoms with Crippen LogP contribution in [0.3, 0.4) is 0 Å². The van der Waals surface area contributed by atoms with Gasteiger partial charge in [0.2, 0.25) is 0 Å². The molecule has 0 heterocycles. The SMILES string of the molecule is CC(C)(C)[Si](C)(C)O[C@@H](CCOCc1ccccc1)C[C@@H](CC=O)O[Si](C)(C)C. The van der Waals surface area contributed by atoms with Crippen molar-refractivity contribution in [2.75, 3.05) is 6.61 Å². The molecule has 29 heavy (non-hydrogen) atoms. The van der Waals surface area contributed by atoms with Crippen molar-refractivity contribution in [2.45, 2.75) is 96.6 Å². The Labute approximate surface area is 180 Å². The molecule has 0 spiro atoms. The molecule has 1 rings (SSSR count). The van der Waals surface area contributed by atoms with Gasteiger partial charge >= 0.3 is 0 Å². The van der Waals surface area contributed by atoms with Gasteiger partial charge in [0.1, 0.15) is 6.29 Å². The molecular formula is C23H42O4Si2. The largest absolute Gasteiger partial charge is 0.414 e. The molecule has 0 unspecified atom stereocenters. The summed E-state index contributed by atoms with van der Waals surface area (Å²) in [6, 6.07) is 10.2. The maximum atomic E-state index is 11.2. The van der Waals surface area contributed by atoms with Gasteiger partial charge in [-0.05, 0) is 56.2 Å². The number of ether oxygens (including phenoxy) is 1. The van der Waals surface area contributed by atoms with Gasteiger partial charge in [0.15, 0.2) is 16.6 Å². The van der Waals surface area contributed by atoms with Crippen LogP contribution >= 0.6 is 0 Å². The smallest absolute Gasteiger partial charge is 0.192 e. The first-order valence-electron chi connectivity index (χ1n) is 10.7. The number of carbonyl (C=O) groups is 1. The van der Waals surface area contributed by atoms with Crippen LogP contribution in [0.25, 0.3) is 0 Å². The van der Waals surface area contributed by atoms with E-state index in [4.69, 9.17) is 13.6 Å². The molecular weight excluding hydrogens is 396 g/mol. The highest BCUT2D eigenvalue weighted by molar-refractivity contribution is 6.74. The molecule has 0 bridgehead atoms. The lowest BCUT2D eigenvalue weighted by Crippen LogP contribution is -2.45. The van der Waals surface area contributed by atoms with Gasteiger partial charge in [-0.1, -0.05) is 51.1 Å². The molecule has 0 aliphatic rings. The minimum atomic E-state index is -1.93. The topological polar surface area (TPSA) is 44.8 Å². The monoisotopic (exact) mass is 438 g/mol. The lowest BCUT2D eigenvalue weighted by Gasteiger charge is -2.40. The third-order valence-electron chi connectivity index (χ3n) is 5.37. The van der Waals surface area contributed by atoms with Crippen molar-refractivity contribution in [1.82, 2.24) is 0 Å². The summed E-state index contributed by atoms with van der Waals surface area (Å²) in [6.07, 6.45) is 2.90. The number of hydrogen-bond acceptors (Lipinski definition) is 4. The zero-order valence-electron chi connectivity index (χ0n) is 19.8. The Morgan fingerprint density at radius 3 is 2.10 bits per heavy atom. The molecule has 0 fully saturated rings. The van der Waals surface area contributed by atoms with Crippen molar-refractivity contribution in [3.8, 4) is 0 Å². The van der Waals surface area contributed by atoms with Crippen LogP contribution in [0, 0.1) is 0 Å². The Morgan fingerprint density at radius 1 is 0.966 bits per heavy atom. The van der Waals surface area contributed by atoms with E-state index in [-0.39, 0.29) is 17.2 Å². The molecule has 0 N–H and O–H groups in total. The molecule has 0 aliphatic heterocycles.